The van der Waals surface area contributed by atoms with Gasteiger partial charge < -0.3 is 10.0 Å². The molecule has 1 atom stereocenters. The first-order chi connectivity index (χ1) is 9.43. The van der Waals surface area contributed by atoms with E-state index in [9.17, 15) is 19.7 Å². The number of nitrogens with zero attached hydrogens (tertiary/aromatic N) is 2. The maximum atomic E-state index is 11.9. The van der Waals surface area contributed by atoms with Crippen molar-refractivity contribution in [3.63, 3.8) is 0 Å². The highest BCUT2D eigenvalue weighted by Crippen LogP contribution is 2.31. The third-order valence-electron chi connectivity index (χ3n) is 3.20. The molecule has 1 heterocycles. The molecule has 1 unspecified atom stereocenters. The van der Waals surface area contributed by atoms with Crippen LogP contribution in [0.25, 0.3) is 0 Å². The third-order valence-corrected chi connectivity index (χ3v) is 3.20. The van der Waals surface area contributed by atoms with Gasteiger partial charge in [0.25, 0.3) is 5.69 Å². The summed E-state index contributed by atoms with van der Waals surface area (Å²) in [5.41, 5.74) is -0.324. The fraction of sp³-hybridized carbons (Fsp3) is 0.231. The fourth-order valence-electron chi connectivity index (χ4n) is 2.16. The van der Waals surface area contributed by atoms with Crippen LogP contribution in [0.5, 0.6) is 0 Å². The number of non-ortho nitro benzene ring substituents is 1. The number of nitro groups is 1. The summed E-state index contributed by atoms with van der Waals surface area (Å²) in [4.78, 5) is 34.5. The van der Waals surface area contributed by atoms with E-state index in [1.54, 1.807) is 6.08 Å². The predicted molar refractivity (Wildman–Crippen MR) is 70.7 cm³/mol. The Balaban J connectivity index is 2.50. The summed E-state index contributed by atoms with van der Waals surface area (Å²) >= 11 is 0. The molecule has 0 aliphatic carbocycles. The van der Waals surface area contributed by atoms with E-state index in [0.717, 1.165) is 18.2 Å². The van der Waals surface area contributed by atoms with Crippen molar-refractivity contribution in [2.24, 2.45) is 5.92 Å². The lowest BCUT2D eigenvalue weighted by Crippen LogP contribution is -2.26. The van der Waals surface area contributed by atoms with Crippen LogP contribution in [-0.4, -0.2) is 28.5 Å². The molecular formula is C13H12N2O5. The van der Waals surface area contributed by atoms with Crippen LogP contribution in [0.4, 0.5) is 11.4 Å². The maximum absolute atomic E-state index is 11.9. The second-order valence-electron chi connectivity index (χ2n) is 4.47. The predicted octanol–water partition coefficient (Wildman–Crippen LogP) is 1.83. The Morgan fingerprint density at radius 1 is 1.55 bits per heavy atom. The van der Waals surface area contributed by atoms with Crippen LogP contribution in [0.3, 0.4) is 0 Å². The van der Waals surface area contributed by atoms with E-state index in [1.165, 1.54) is 4.90 Å². The zero-order chi connectivity index (χ0) is 14.9. The Hall–Kier alpha value is -2.70. The summed E-state index contributed by atoms with van der Waals surface area (Å²) in [7, 11) is 0. The minimum atomic E-state index is -1.23. The first kappa shape index (κ1) is 13.7. The van der Waals surface area contributed by atoms with Gasteiger partial charge in [-0.05, 0) is 6.07 Å². The zero-order valence-electron chi connectivity index (χ0n) is 10.5. The number of amides is 1. The number of benzene rings is 1. The van der Waals surface area contributed by atoms with Crippen molar-refractivity contribution in [1.29, 1.82) is 0 Å². The Kier molecular flexibility index (Phi) is 3.51. The fourth-order valence-corrected chi connectivity index (χ4v) is 2.16. The Morgan fingerprint density at radius 3 is 2.75 bits per heavy atom. The minimum absolute atomic E-state index is 0.0565. The lowest BCUT2D eigenvalue weighted by Gasteiger charge is -2.18. The molecule has 1 aliphatic heterocycles. The SMILES string of the molecule is C=CC1CC(=O)N(c2cc([N+](=O)[O-])ccc2C(=O)O)C1. The summed E-state index contributed by atoms with van der Waals surface area (Å²) in [5, 5.41) is 19.9. The van der Waals surface area contributed by atoms with E-state index in [4.69, 9.17) is 5.11 Å². The molecule has 1 N–H and O–H groups in total. The van der Waals surface area contributed by atoms with Crippen molar-refractivity contribution in [2.45, 2.75) is 6.42 Å². The standard InChI is InChI=1S/C13H12N2O5/c1-2-8-5-12(16)14(7-8)11-6-9(15(19)20)3-4-10(11)13(17)18/h2-4,6,8H,1,5,7H2,(H,17,18). The monoisotopic (exact) mass is 276 g/mol. The van der Waals surface area contributed by atoms with Crippen LogP contribution in [0.15, 0.2) is 30.9 Å². The van der Waals surface area contributed by atoms with Gasteiger partial charge in [0.15, 0.2) is 0 Å². The average molecular weight is 276 g/mol. The van der Waals surface area contributed by atoms with Crippen molar-refractivity contribution in [3.05, 3.63) is 46.5 Å². The van der Waals surface area contributed by atoms with Crippen LogP contribution < -0.4 is 4.90 Å². The smallest absolute Gasteiger partial charge is 0.337 e. The Labute approximate surface area is 114 Å². The highest BCUT2D eigenvalue weighted by Gasteiger charge is 2.32. The van der Waals surface area contributed by atoms with Gasteiger partial charge in [-0.2, -0.15) is 0 Å². The average Bonchev–Trinajstić information content (AvgIpc) is 2.79. The van der Waals surface area contributed by atoms with Crippen molar-refractivity contribution in [3.8, 4) is 0 Å². The lowest BCUT2D eigenvalue weighted by molar-refractivity contribution is -0.384. The van der Waals surface area contributed by atoms with Gasteiger partial charge >= 0.3 is 5.97 Å². The number of hydrogen-bond acceptors (Lipinski definition) is 4. The molecule has 0 spiro atoms. The summed E-state index contributed by atoms with van der Waals surface area (Å²) < 4.78 is 0. The first-order valence-corrected chi connectivity index (χ1v) is 5.88. The topological polar surface area (TPSA) is 101 Å². The number of rotatable bonds is 4. The second kappa shape index (κ2) is 5.12. The molecule has 104 valence electrons. The highest BCUT2D eigenvalue weighted by atomic mass is 16.6. The molecule has 0 saturated carbocycles. The van der Waals surface area contributed by atoms with Gasteiger partial charge in [0.1, 0.15) is 0 Å². The molecule has 7 nitrogen and oxygen atoms in total. The number of nitro benzene ring substituents is 1. The first-order valence-electron chi connectivity index (χ1n) is 5.88. The lowest BCUT2D eigenvalue weighted by atomic mass is 10.1. The zero-order valence-corrected chi connectivity index (χ0v) is 10.5. The van der Waals surface area contributed by atoms with E-state index in [1.807, 2.05) is 0 Å². The van der Waals surface area contributed by atoms with Crippen LogP contribution >= 0.6 is 0 Å². The summed E-state index contributed by atoms with van der Waals surface area (Å²) in [5.74, 6) is -1.58. The number of aromatic carboxylic acids is 1. The van der Waals surface area contributed by atoms with Crippen LogP contribution in [0.2, 0.25) is 0 Å². The van der Waals surface area contributed by atoms with Crippen LogP contribution in [0.1, 0.15) is 16.8 Å². The van der Waals surface area contributed by atoms with Gasteiger partial charge in [-0.3, -0.25) is 14.9 Å². The molecule has 0 bridgehead atoms. The Bertz CT molecular complexity index is 611. The molecule has 1 aromatic carbocycles. The summed E-state index contributed by atoms with van der Waals surface area (Å²) in [6, 6.07) is 3.37. The quantitative estimate of drug-likeness (QED) is 0.513. The number of anilines is 1. The molecule has 1 fully saturated rings. The molecule has 7 heteroatoms. The molecule has 0 aromatic heterocycles. The van der Waals surface area contributed by atoms with E-state index in [0.29, 0.717) is 0 Å². The van der Waals surface area contributed by atoms with Crippen LogP contribution in [-0.2, 0) is 4.79 Å². The summed E-state index contributed by atoms with van der Waals surface area (Å²) in [6.45, 7) is 3.89. The molecule has 1 amide bonds. The Morgan fingerprint density at radius 2 is 2.25 bits per heavy atom. The third kappa shape index (κ3) is 2.37. The van der Waals surface area contributed by atoms with E-state index in [2.05, 4.69) is 6.58 Å². The number of carboxylic acids is 1. The van der Waals surface area contributed by atoms with Gasteiger partial charge in [0, 0.05) is 31.0 Å². The number of carbonyl (C=O) groups is 2. The number of hydrogen-bond donors (Lipinski definition) is 1. The van der Waals surface area contributed by atoms with Crippen molar-refractivity contribution < 1.29 is 19.6 Å². The van der Waals surface area contributed by atoms with Crippen molar-refractivity contribution >= 4 is 23.3 Å². The second-order valence-corrected chi connectivity index (χ2v) is 4.47. The number of carboxylic acid groups (broad SMARTS) is 1. The summed E-state index contributed by atoms with van der Waals surface area (Å²) in [6.07, 6.45) is 1.85. The molecule has 1 aromatic rings. The molecular weight excluding hydrogens is 264 g/mol. The molecule has 20 heavy (non-hydrogen) atoms. The maximum Gasteiger partial charge on any atom is 0.337 e. The van der Waals surface area contributed by atoms with Gasteiger partial charge in [-0.25, -0.2) is 4.79 Å². The van der Waals surface area contributed by atoms with Crippen molar-refractivity contribution in [1.82, 2.24) is 0 Å². The van der Waals surface area contributed by atoms with E-state index >= 15 is 0 Å². The minimum Gasteiger partial charge on any atom is -0.478 e. The van der Waals surface area contributed by atoms with Gasteiger partial charge in [0.2, 0.25) is 5.91 Å². The normalized spacial score (nSPS) is 18.1. The largest absolute Gasteiger partial charge is 0.478 e. The van der Waals surface area contributed by atoms with Crippen LogP contribution in [0, 0.1) is 16.0 Å². The molecule has 0 radical (unpaired) electrons. The van der Waals surface area contributed by atoms with Gasteiger partial charge in [-0.1, -0.05) is 6.08 Å². The van der Waals surface area contributed by atoms with E-state index in [-0.39, 0.29) is 41.7 Å². The van der Waals surface area contributed by atoms with Crippen molar-refractivity contribution in [2.75, 3.05) is 11.4 Å². The molecule has 2 rings (SSSR count). The van der Waals surface area contributed by atoms with Gasteiger partial charge in [-0.15, -0.1) is 6.58 Å². The number of carbonyl (C=O) groups excluding carboxylic acids is 1. The molecule has 1 aliphatic rings. The van der Waals surface area contributed by atoms with E-state index < -0.39 is 10.9 Å². The molecule has 1 saturated heterocycles. The highest BCUT2D eigenvalue weighted by molar-refractivity contribution is 6.03. The van der Waals surface area contributed by atoms with Gasteiger partial charge in [0.05, 0.1) is 16.2 Å².